The Morgan fingerprint density at radius 2 is 1.80 bits per heavy atom. The first-order chi connectivity index (χ1) is 21.8. The standard InChI is InChI=1S/C35H36N6O4/c1-23-19-32(40(2)39-23)35(44)37-27-8-6-7-24(20-27)33(42)25-9-14-29-30(34(43)38-31(29)21-25)22-36-26-10-12-28(13-11-26)45-18-17-41-15-4-3-5-16-41/h6-14,19-22,38,43H,3-5,15-18H2,1-2H3,(H,37,44). The summed E-state index contributed by atoms with van der Waals surface area (Å²) in [5.74, 6) is 0.236. The molecule has 0 radical (unpaired) electrons. The van der Waals surface area contributed by atoms with E-state index in [1.165, 1.54) is 23.9 Å². The second-order valence-electron chi connectivity index (χ2n) is 11.3. The Bertz CT molecular complexity index is 1870. The molecule has 1 aliphatic heterocycles. The fourth-order valence-electron chi connectivity index (χ4n) is 5.64. The van der Waals surface area contributed by atoms with Crippen LogP contribution in [0.25, 0.3) is 10.9 Å². The van der Waals surface area contributed by atoms with Crippen LogP contribution in [0.4, 0.5) is 11.4 Å². The number of likely N-dealkylation sites (tertiary alicyclic amines) is 1. The lowest BCUT2D eigenvalue weighted by Crippen LogP contribution is -2.33. The molecule has 1 saturated heterocycles. The van der Waals surface area contributed by atoms with Crippen LogP contribution < -0.4 is 10.1 Å². The number of aromatic nitrogens is 3. The van der Waals surface area contributed by atoms with Crippen molar-refractivity contribution in [2.75, 3.05) is 31.6 Å². The van der Waals surface area contributed by atoms with E-state index in [4.69, 9.17) is 4.74 Å². The van der Waals surface area contributed by atoms with Gasteiger partial charge in [-0.3, -0.25) is 24.2 Å². The summed E-state index contributed by atoms with van der Waals surface area (Å²) in [6.45, 7) is 5.71. The van der Waals surface area contributed by atoms with Crippen LogP contribution in [0.3, 0.4) is 0 Å². The number of anilines is 1. The van der Waals surface area contributed by atoms with Crippen LogP contribution >= 0.6 is 0 Å². The molecule has 3 N–H and O–H groups in total. The highest BCUT2D eigenvalue weighted by Gasteiger charge is 2.16. The van der Waals surface area contributed by atoms with E-state index in [2.05, 4.69) is 25.3 Å². The molecule has 230 valence electrons. The van der Waals surface area contributed by atoms with Gasteiger partial charge in [0, 0.05) is 47.5 Å². The molecule has 45 heavy (non-hydrogen) atoms. The first-order valence-electron chi connectivity index (χ1n) is 15.1. The molecular weight excluding hydrogens is 568 g/mol. The average molecular weight is 605 g/mol. The van der Waals surface area contributed by atoms with Crippen molar-refractivity contribution in [3.8, 4) is 11.6 Å². The lowest BCUT2D eigenvalue weighted by molar-refractivity contribution is 0.101. The molecule has 0 spiro atoms. The van der Waals surface area contributed by atoms with Crippen molar-refractivity contribution in [1.29, 1.82) is 0 Å². The summed E-state index contributed by atoms with van der Waals surface area (Å²) in [4.78, 5) is 36.1. The van der Waals surface area contributed by atoms with Gasteiger partial charge in [0.1, 0.15) is 18.1 Å². The number of carbonyl (C=O) groups is 2. The first kappa shape index (κ1) is 29.8. The van der Waals surface area contributed by atoms with E-state index in [0.717, 1.165) is 42.2 Å². The molecule has 10 heteroatoms. The SMILES string of the molecule is Cc1cc(C(=O)Nc2cccc(C(=O)c3ccc4c(C=Nc5ccc(OCCN6CCCCC6)cc5)c(O)[nH]c4c3)c2)n(C)n1. The van der Waals surface area contributed by atoms with Gasteiger partial charge in [0.05, 0.1) is 16.9 Å². The largest absolute Gasteiger partial charge is 0.494 e. The van der Waals surface area contributed by atoms with Gasteiger partial charge in [0.15, 0.2) is 11.7 Å². The maximum atomic E-state index is 13.4. The third-order valence-corrected chi connectivity index (χ3v) is 8.00. The van der Waals surface area contributed by atoms with Gasteiger partial charge in [0.25, 0.3) is 5.91 Å². The number of rotatable bonds is 10. The summed E-state index contributed by atoms with van der Waals surface area (Å²) in [7, 11) is 1.71. The number of ether oxygens (including phenoxy) is 1. The number of amides is 1. The van der Waals surface area contributed by atoms with Crippen LogP contribution in [-0.4, -0.2) is 68.9 Å². The number of ketones is 1. The zero-order valence-corrected chi connectivity index (χ0v) is 25.4. The van der Waals surface area contributed by atoms with Gasteiger partial charge in [0.2, 0.25) is 0 Å². The van der Waals surface area contributed by atoms with Crippen LogP contribution in [-0.2, 0) is 7.05 Å². The van der Waals surface area contributed by atoms with E-state index in [-0.39, 0.29) is 17.6 Å². The molecule has 1 amide bonds. The van der Waals surface area contributed by atoms with Gasteiger partial charge in [-0.2, -0.15) is 5.10 Å². The van der Waals surface area contributed by atoms with Crippen LogP contribution in [0.15, 0.2) is 77.8 Å². The van der Waals surface area contributed by atoms with Crippen molar-refractivity contribution in [1.82, 2.24) is 19.7 Å². The molecule has 6 rings (SSSR count). The van der Waals surface area contributed by atoms with Gasteiger partial charge in [-0.1, -0.05) is 30.7 Å². The quantitative estimate of drug-likeness (QED) is 0.132. The zero-order chi connectivity index (χ0) is 31.3. The molecule has 0 saturated carbocycles. The van der Waals surface area contributed by atoms with Crippen molar-refractivity contribution in [2.24, 2.45) is 12.0 Å². The summed E-state index contributed by atoms with van der Waals surface area (Å²) in [6.07, 6.45) is 5.46. The molecule has 2 aromatic heterocycles. The highest BCUT2D eigenvalue weighted by Crippen LogP contribution is 2.29. The third-order valence-electron chi connectivity index (χ3n) is 8.00. The van der Waals surface area contributed by atoms with Gasteiger partial charge in [-0.15, -0.1) is 0 Å². The molecule has 10 nitrogen and oxygen atoms in total. The number of benzene rings is 3. The summed E-state index contributed by atoms with van der Waals surface area (Å²) >= 11 is 0. The van der Waals surface area contributed by atoms with Crippen LogP contribution in [0.1, 0.15) is 56.9 Å². The maximum Gasteiger partial charge on any atom is 0.273 e. The van der Waals surface area contributed by atoms with Crippen molar-refractivity contribution in [3.05, 3.63) is 101 Å². The molecule has 3 aromatic carbocycles. The summed E-state index contributed by atoms with van der Waals surface area (Å²) in [5, 5.41) is 18.4. The normalized spacial score (nSPS) is 13.8. The maximum absolute atomic E-state index is 13.4. The predicted molar refractivity (Wildman–Crippen MR) is 175 cm³/mol. The molecule has 0 bridgehead atoms. The Kier molecular flexibility index (Phi) is 8.74. The number of hydrogen-bond acceptors (Lipinski definition) is 7. The Hall–Kier alpha value is -5.22. The smallest absolute Gasteiger partial charge is 0.273 e. The number of fused-ring (bicyclic) bond motifs is 1. The minimum Gasteiger partial charge on any atom is -0.494 e. The van der Waals surface area contributed by atoms with E-state index in [1.807, 2.05) is 31.2 Å². The van der Waals surface area contributed by atoms with E-state index < -0.39 is 0 Å². The number of H-pyrrole nitrogens is 1. The predicted octanol–water partition coefficient (Wildman–Crippen LogP) is 6.01. The molecule has 0 atom stereocenters. The minimum atomic E-state index is -0.312. The number of aromatic hydroxyl groups is 1. The number of aromatic amines is 1. The summed E-state index contributed by atoms with van der Waals surface area (Å²) < 4.78 is 7.43. The van der Waals surface area contributed by atoms with Crippen molar-refractivity contribution < 1.29 is 19.4 Å². The second kappa shape index (κ2) is 13.2. The monoisotopic (exact) mass is 604 g/mol. The average Bonchev–Trinajstić information content (AvgIpc) is 3.56. The molecule has 1 aliphatic rings. The molecule has 3 heterocycles. The number of aryl methyl sites for hydroxylation is 2. The fraction of sp³-hybridized carbons (Fsp3) is 0.257. The second-order valence-corrected chi connectivity index (χ2v) is 11.3. The van der Waals surface area contributed by atoms with E-state index in [0.29, 0.717) is 40.2 Å². The van der Waals surface area contributed by atoms with Gasteiger partial charge in [-0.25, -0.2) is 0 Å². The number of carbonyl (C=O) groups excluding carboxylic acids is 2. The summed E-state index contributed by atoms with van der Waals surface area (Å²) in [5.41, 5.74) is 4.38. The van der Waals surface area contributed by atoms with E-state index in [1.54, 1.807) is 61.8 Å². The number of nitrogens with zero attached hydrogens (tertiary/aromatic N) is 4. The molecular formula is C35H36N6O4. The van der Waals surface area contributed by atoms with Crippen LogP contribution in [0.2, 0.25) is 0 Å². The number of nitrogens with one attached hydrogen (secondary N) is 2. The van der Waals surface area contributed by atoms with Crippen molar-refractivity contribution in [2.45, 2.75) is 26.2 Å². The van der Waals surface area contributed by atoms with Crippen LogP contribution in [0, 0.1) is 6.92 Å². The Morgan fingerprint density at radius 1 is 1.02 bits per heavy atom. The first-order valence-corrected chi connectivity index (χ1v) is 15.1. The Morgan fingerprint density at radius 3 is 2.56 bits per heavy atom. The minimum absolute atomic E-state index is 0.0360. The Labute approximate surface area is 261 Å². The summed E-state index contributed by atoms with van der Waals surface area (Å²) in [6, 6.07) is 21.3. The highest BCUT2D eigenvalue weighted by molar-refractivity contribution is 6.13. The molecule has 5 aromatic rings. The number of aliphatic imine (C=N–C) groups is 1. The van der Waals surface area contributed by atoms with Gasteiger partial charge >= 0.3 is 0 Å². The van der Waals surface area contributed by atoms with Crippen molar-refractivity contribution >= 4 is 40.2 Å². The van der Waals surface area contributed by atoms with Gasteiger partial charge in [-0.05, 0) is 81.4 Å². The molecule has 1 fully saturated rings. The van der Waals surface area contributed by atoms with E-state index >= 15 is 0 Å². The lowest BCUT2D eigenvalue weighted by Gasteiger charge is -2.26. The third kappa shape index (κ3) is 6.97. The topological polar surface area (TPSA) is 125 Å². The van der Waals surface area contributed by atoms with E-state index in [9.17, 15) is 14.7 Å². The highest BCUT2D eigenvalue weighted by atomic mass is 16.5. The fourth-order valence-corrected chi connectivity index (χ4v) is 5.64. The van der Waals surface area contributed by atoms with Crippen molar-refractivity contribution in [3.63, 3.8) is 0 Å². The molecule has 0 unspecified atom stereocenters. The van der Waals surface area contributed by atoms with Crippen LogP contribution in [0.5, 0.6) is 11.6 Å². The van der Waals surface area contributed by atoms with Gasteiger partial charge < -0.3 is 20.1 Å². The zero-order valence-electron chi connectivity index (χ0n) is 25.4. The molecule has 0 aliphatic carbocycles. The Balaban J connectivity index is 1.11. The number of hydrogen-bond donors (Lipinski definition) is 3. The lowest BCUT2D eigenvalue weighted by atomic mass is 10.0. The number of piperidine rings is 1.